The number of nitrogens with zero attached hydrogens (tertiary/aromatic N) is 3. The third-order valence-corrected chi connectivity index (χ3v) is 6.01. The van der Waals surface area contributed by atoms with E-state index >= 15 is 0 Å². The zero-order valence-electron chi connectivity index (χ0n) is 16.6. The Hall–Kier alpha value is -2.57. The molecule has 1 atom stereocenters. The van der Waals surface area contributed by atoms with Crippen molar-refractivity contribution in [3.05, 3.63) is 35.9 Å². The smallest absolute Gasteiger partial charge is 0.320 e. The summed E-state index contributed by atoms with van der Waals surface area (Å²) < 4.78 is 0. The maximum atomic E-state index is 12.8. The van der Waals surface area contributed by atoms with Crippen LogP contribution >= 0.6 is 0 Å². The molecule has 0 radical (unpaired) electrons. The Bertz CT molecular complexity index is 730. The minimum atomic E-state index is -0.843. The highest BCUT2D eigenvalue weighted by Gasteiger charge is 2.43. The molecule has 2 saturated heterocycles. The highest BCUT2D eigenvalue weighted by atomic mass is 16.4. The van der Waals surface area contributed by atoms with Crippen LogP contribution in [0.2, 0.25) is 0 Å². The molecule has 7 nitrogen and oxygen atoms in total. The van der Waals surface area contributed by atoms with E-state index in [0.29, 0.717) is 45.4 Å². The summed E-state index contributed by atoms with van der Waals surface area (Å²) in [6.45, 7) is 4.14. The fourth-order valence-electron chi connectivity index (χ4n) is 4.07. The second-order valence-electron chi connectivity index (χ2n) is 8.26. The summed E-state index contributed by atoms with van der Waals surface area (Å²) in [4.78, 5) is 42.1. The fraction of sp³-hybridized carbons (Fsp3) is 0.571. The van der Waals surface area contributed by atoms with Gasteiger partial charge in [-0.25, -0.2) is 4.79 Å². The number of likely N-dealkylation sites (tertiary alicyclic amines) is 2. The van der Waals surface area contributed by atoms with Gasteiger partial charge < -0.3 is 19.8 Å². The molecule has 152 valence electrons. The van der Waals surface area contributed by atoms with Gasteiger partial charge in [0.25, 0.3) is 0 Å². The van der Waals surface area contributed by atoms with E-state index < -0.39 is 11.4 Å². The molecule has 0 spiro atoms. The molecule has 2 heterocycles. The third-order valence-electron chi connectivity index (χ3n) is 6.01. The van der Waals surface area contributed by atoms with Crippen molar-refractivity contribution in [2.24, 2.45) is 11.3 Å². The topological polar surface area (TPSA) is 81.2 Å². The number of carbonyl (C=O) groups is 3. The van der Waals surface area contributed by atoms with Crippen molar-refractivity contribution in [3.8, 4) is 0 Å². The molecule has 28 heavy (non-hydrogen) atoms. The number of hydrogen-bond acceptors (Lipinski definition) is 3. The maximum Gasteiger partial charge on any atom is 0.320 e. The van der Waals surface area contributed by atoms with E-state index in [2.05, 4.69) is 0 Å². The SMILES string of the molecule is CN(Cc1ccccc1)C(=O)N1CCC(C(=O)N2CCC(C)(C(=O)O)C2)CC1. The number of benzene rings is 1. The van der Waals surface area contributed by atoms with Crippen LogP contribution in [0.4, 0.5) is 4.79 Å². The number of urea groups is 1. The van der Waals surface area contributed by atoms with Crippen molar-refractivity contribution in [2.45, 2.75) is 32.7 Å². The number of carbonyl (C=O) groups excluding carboxylic acids is 2. The first-order valence-electron chi connectivity index (χ1n) is 9.86. The lowest BCUT2D eigenvalue weighted by molar-refractivity contribution is -0.147. The third kappa shape index (κ3) is 4.29. The lowest BCUT2D eigenvalue weighted by Gasteiger charge is -2.35. The Morgan fingerprint density at radius 2 is 1.75 bits per heavy atom. The lowest BCUT2D eigenvalue weighted by atomic mass is 9.90. The molecule has 7 heteroatoms. The van der Waals surface area contributed by atoms with Gasteiger partial charge in [0.15, 0.2) is 0 Å². The average Bonchev–Trinajstić information content (AvgIpc) is 3.11. The maximum absolute atomic E-state index is 12.8. The first-order chi connectivity index (χ1) is 13.3. The minimum absolute atomic E-state index is 0.0191. The first-order valence-corrected chi connectivity index (χ1v) is 9.86. The number of carboxylic acids is 1. The highest BCUT2D eigenvalue weighted by molar-refractivity contribution is 5.82. The predicted octanol–water partition coefficient (Wildman–Crippen LogP) is 2.27. The molecule has 0 aromatic heterocycles. The van der Waals surface area contributed by atoms with Gasteiger partial charge in [-0.05, 0) is 31.7 Å². The van der Waals surface area contributed by atoms with E-state index in [0.717, 1.165) is 5.56 Å². The summed E-state index contributed by atoms with van der Waals surface area (Å²) in [5.74, 6) is -0.931. The molecule has 0 saturated carbocycles. The average molecular weight is 387 g/mol. The standard InChI is InChI=1S/C21H29N3O4/c1-21(19(26)27)10-13-24(15-21)18(25)17-8-11-23(12-9-17)20(28)22(2)14-16-6-4-3-5-7-16/h3-7,17H,8-15H2,1-2H3,(H,26,27). The lowest BCUT2D eigenvalue weighted by Crippen LogP contribution is -2.48. The minimum Gasteiger partial charge on any atom is -0.481 e. The molecule has 1 unspecified atom stereocenters. The van der Waals surface area contributed by atoms with Crippen molar-refractivity contribution in [1.29, 1.82) is 0 Å². The Balaban J connectivity index is 1.49. The normalized spacial score (nSPS) is 22.9. The molecular formula is C21H29N3O4. The van der Waals surface area contributed by atoms with Crippen molar-refractivity contribution in [2.75, 3.05) is 33.2 Å². The van der Waals surface area contributed by atoms with Gasteiger partial charge in [-0.2, -0.15) is 0 Å². The summed E-state index contributed by atoms with van der Waals surface area (Å²) >= 11 is 0. The molecule has 0 aliphatic carbocycles. The van der Waals surface area contributed by atoms with Crippen LogP contribution in [0.1, 0.15) is 31.7 Å². The molecule has 1 N–H and O–H groups in total. The van der Waals surface area contributed by atoms with E-state index in [1.165, 1.54) is 0 Å². The second-order valence-corrected chi connectivity index (χ2v) is 8.26. The summed E-state index contributed by atoms with van der Waals surface area (Å²) in [5.41, 5.74) is 0.242. The fourth-order valence-corrected chi connectivity index (χ4v) is 4.07. The number of aliphatic carboxylic acids is 1. The van der Waals surface area contributed by atoms with Crippen molar-refractivity contribution >= 4 is 17.9 Å². The van der Waals surface area contributed by atoms with Crippen LogP contribution in [0.15, 0.2) is 30.3 Å². The molecule has 1 aromatic rings. The van der Waals surface area contributed by atoms with E-state index in [-0.39, 0.29) is 24.4 Å². The van der Waals surface area contributed by atoms with Crippen LogP contribution in [-0.4, -0.2) is 70.9 Å². The highest BCUT2D eigenvalue weighted by Crippen LogP contribution is 2.32. The van der Waals surface area contributed by atoms with Crippen LogP contribution in [-0.2, 0) is 16.1 Å². The van der Waals surface area contributed by atoms with Gasteiger partial charge in [0.05, 0.1) is 5.41 Å². The van der Waals surface area contributed by atoms with Gasteiger partial charge in [0.1, 0.15) is 0 Å². The van der Waals surface area contributed by atoms with Crippen molar-refractivity contribution in [3.63, 3.8) is 0 Å². The van der Waals surface area contributed by atoms with E-state index in [4.69, 9.17) is 0 Å². The number of amides is 3. The first kappa shape index (κ1) is 20.2. The molecule has 0 bridgehead atoms. The summed E-state index contributed by atoms with van der Waals surface area (Å²) in [6, 6.07) is 9.84. The Kier molecular flexibility index (Phi) is 5.91. The largest absolute Gasteiger partial charge is 0.481 e. The van der Waals surface area contributed by atoms with Crippen LogP contribution in [0.5, 0.6) is 0 Å². The van der Waals surface area contributed by atoms with Crippen molar-refractivity contribution in [1.82, 2.24) is 14.7 Å². The molecule has 3 rings (SSSR count). The number of rotatable bonds is 4. The van der Waals surface area contributed by atoms with Gasteiger partial charge in [-0.3, -0.25) is 9.59 Å². The number of carboxylic acid groups (broad SMARTS) is 1. The Morgan fingerprint density at radius 1 is 1.11 bits per heavy atom. The Labute approximate surface area is 165 Å². The Morgan fingerprint density at radius 3 is 2.32 bits per heavy atom. The number of hydrogen-bond donors (Lipinski definition) is 1. The molecule has 2 aliphatic heterocycles. The summed E-state index contributed by atoms with van der Waals surface area (Å²) in [6.07, 6.45) is 1.75. The predicted molar refractivity (Wildman–Crippen MR) is 105 cm³/mol. The monoisotopic (exact) mass is 387 g/mol. The van der Waals surface area contributed by atoms with Crippen LogP contribution in [0.3, 0.4) is 0 Å². The number of piperidine rings is 1. The quantitative estimate of drug-likeness (QED) is 0.859. The zero-order chi connectivity index (χ0) is 20.3. The second kappa shape index (κ2) is 8.20. The molecule has 3 amide bonds. The molecule has 2 fully saturated rings. The van der Waals surface area contributed by atoms with Gasteiger partial charge in [0.2, 0.25) is 5.91 Å². The van der Waals surface area contributed by atoms with Crippen LogP contribution in [0, 0.1) is 11.3 Å². The summed E-state index contributed by atoms with van der Waals surface area (Å²) in [5, 5.41) is 9.35. The van der Waals surface area contributed by atoms with Gasteiger partial charge in [0, 0.05) is 45.7 Å². The van der Waals surface area contributed by atoms with Crippen LogP contribution in [0.25, 0.3) is 0 Å². The van der Waals surface area contributed by atoms with Gasteiger partial charge in [-0.1, -0.05) is 30.3 Å². The molecule has 2 aliphatic rings. The summed E-state index contributed by atoms with van der Waals surface area (Å²) in [7, 11) is 1.80. The van der Waals surface area contributed by atoms with E-state index in [1.54, 1.807) is 28.7 Å². The van der Waals surface area contributed by atoms with E-state index in [1.807, 2.05) is 30.3 Å². The molecular weight excluding hydrogens is 358 g/mol. The zero-order valence-corrected chi connectivity index (χ0v) is 16.6. The van der Waals surface area contributed by atoms with Crippen molar-refractivity contribution < 1.29 is 19.5 Å². The van der Waals surface area contributed by atoms with Gasteiger partial charge >= 0.3 is 12.0 Å². The van der Waals surface area contributed by atoms with E-state index in [9.17, 15) is 19.5 Å². The van der Waals surface area contributed by atoms with Gasteiger partial charge in [-0.15, -0.1) is 0 Å². The molecule has 1 aromatic carbocycles. The van der Waals surface area contributed by atoms with Crippen LogP contribution < -0.4 is 0 Å².